The molecule has 20 heavy (non-hydrogen) atoms. The monoisotopic (exact) mass is 278 g/mol. The standard InChI is InChI=1S/C14H22N4O2/c1-9-11(15-5-6-20-9)12(19)18-10-7-16-13(17-8-10)14(2,3)4/h7-9,11,15H,5-6H2,1-4H3,(H,18,19)/t9-,11+/m1/s1. The number of hydrogen-bond donors (Lipinski definition) is 2. The smallest absolute Gasteiger partial charge is 0.244 e. The lowest BCUT2D eigenvalue weighted by molar-refractivity contribution is -0.123. The van der Waals surface area contributed by atoms with Crippen LogP contribution in [0.1, 0.15) is 33.5 Å². The van der Waals surface area contributed by atoms with Crippen LogP contribution in [0.25, 0.3) is 0 Å². The molecule has 2 heterocycles. The van der Waals surface area contributed by atoms with Gasteiger partial charge >= 0.3 is 0 Å². The van der Waals surface area contributed by atoms with E-state index in [-0.39, 0.29) is 23.5 Å². The number of anilines is 1. The van der Waals surface area contributed by atoms with Crippen LogP contribution in [0, 0.1) is 0 Å². The van der Waals surface area contributed by atoms with Gasteiger partial charge in [0.25, 0.3) is 0 Å². The van der Waals surface area contributed by atoms with E-state index >= 15 is 0 Å². The van der Waals surface area contributed by atoms with Crippen LogP contribution in [0.5, 0.6) is 0 Å². The van der Waals surface area contributed by atoms with E-state index in [2.05, 4.69) is 20.6 Å². The van der Waals surface area contributed by atoms with Gasteiger partial charge in [0.1, 0.15) is 11.9 Å². The molecular formula is C14H22N4O2. The molecule has 1 amide bonds. The maximum atomic E-state index is 12.2. The molecule has 0 saturated carbocycles. The number of morpholine rings is 1. The summed E-state index contributed by atoms with van der Waals surface area (Å²) in [5.74, 6) is 0.632. The summed E-state index contributed by atoms with van der Waals surface area (Å²) < 4.78 is 5.46. The summed E-state index contributed by atoms with van der Waals surface area (Å²) in [5.41, 5.74) is 0.498. The van der Waals surface area contributed by atoms with Gasteiger partial charge in [-0.3, -0.25) is 4.79 Å². The van der Waals surface area contributed by atoms with Crippen molar-refractivity contribution in [2.75, 3.05) is 18.5 Å². The third-order valence-electron chi connectivity index (χ3n) is 3.19. The number of hydrogen-bond acceptors (Lipinski definition) is 5. The number of ether oxygens (including phenoxy) is 1. The fourth-order valence-corrected chi connectivity index (χ4v) is 2.03. The van der Waals surface area contributed by atoms with Crippen LogP contribution in [0.4, 0.5) is 5.69 Å². The number of nitrogens with one attached hydrogen (secondary N) is 2. The van der Waals surface area contributed by atoms with Crippen LogP contribution in [0.3, 0.4) is 0 Å². The second kappa shape index (κ2) is 5.85. The van der Waals surface area contributed by atoms with E-state index in [0.29, 0.717) is 18.8 Å². The molecule has 2 atom stereocenters. The normalized spacial score (nSPS) is 23.4. The fraction of sp³-hybridized carbons (Fsp3) is 0.643. The summed E-state index contributed by atoms with van der Waals surface area (Å²) in [6.45, 7) is 9.34. The van der Waals surface area contributed by atoms with Crippen LogP contribution < -0.4 is 10.6 Å². The number of carbonyl (C=O) groups is 1. The minimum atomic E-state index is -0.342. The molecule has 1 aromatic heterocycles. The van der Waals surface area contributed by atoms with Crippen LogP contribution in [-0.2, 0) is 14.9 Å². The summed E-state index contributed by atoms with van der Waals surface area (Å²) in [6.07, 6.45) is 3.14. The number of rotatable bonds is 2. The fourth-order valence-electron chi connectivity index (χ4n) is 2.03. The Morgan fingerprint density at radius 2 is 2.05 bits per heavy atom. The van der Waals surface area contributed by atoms with Crippen LogP contribution in [-0.4, -0.2) is 41.2 Å². The SMILES string of the molecule is C[C@H]1OCCN[C@@H]1C(=O)Nc1cnc(C(C)(C)C)nc1. The van der Waals surface area contributed by atoms with Crippen LogP contribution >= 0.6 is 0 Å². The predicted molar refractivity (Wildman–Crippen MR) is 76.6 cm³/mol. The highest BCUT2D eigenvalue weighted by atomic mass is 16.5. The zero-order valence-corrected chi connectivity index (χ0v) is 12.4. The Morgan fingerprint density at radius 3 is 2.60 bits per heavy atom. The first-order valence-electron chi connectivity index (χ1n) is 6.86. The third-order valence-corrected chi connectivity index (χ3v) is 3.19. The topological polar surface area (TPSA) is 76.1 Å². The Balaban J connectivity index is 2.01. The molecule has 0 unspecified atom stereocenters. The Labute approximate surface area is 119 Å². The van der Waals surface area contributed by atoms with Crippen LogP contribution in [0.15, 0.2) is 12.4 Å². The van der Waals surface area contributed by atoms with E-state index in [9.17, 15) is 4.79 Å². The molecule has 1 aromatic rings. The number of carbonyl (C=O) groups excluding carboxylic acids is 1. The van der Waals surface area contributed by atoms with E-state index < -0.39 is 0 Å². The maximum absolute atomic E-state index is 12.2. The van der Waals surface area contributed by atoms with Crippen molar-refractivity contribution in [2.24, 2.45) is 0 Å². The maximum Gasteiger partial charge on any atom is 0.244 e. The summed E-state index contributed by atoms with van der Waals surface area (Å²) in [5, 5.41) is 5.96. The Morgan fingerprint density at radius 1 is 1.40 bits per heavy atom. The van der Waals surface area contributed by atoms with Gasteiger partial charge in [-0.25, -0.2) is 9.97 Å². The highest BCUT2D eigenvalue weighted by Gasteiger charge is 2.28. The van der Waals surface area contributed by atoms with Crippen molar-refractivity contribution in [1.29, 1.82) is 0 Å². The lowest BCUT2D eigenvalue weighted by Gasteiger charge is -2.29. The van der Waals surface area contributed by atoms with Crippen molar-refractivity contribution in [3.05, 3.63) is 18.2 Å². The Hall–Kier alpha value is -1.53. The number of amides is 1. The van der Waals surface area contributed by atoms with E-state index in [4.69, 9.17) is 4.74 Å². The lowest BCUT2D eigenvalue weighted by Crippen LogP contribution is -2.53. The lowest BCUT2D eigenvalue weighted by atomic mass is 9.96. The van der Waals surface area contributed by atoms with E-state index in [1.807, 2.05) is 27.7 Å². The van der Waals surface area contributed by atoms with Gasteiger partial charge in [-0.1, -0.05) is 20.8 Å². The zero-order valence-electron chi connectivity index (χ0n) is 12.4. The average Bonchev–Trinajstić information content (AvgIpc) is 2.38. The Kier molecular flexibility index (Phi) is 4.35. The van der Waals surface area contributed by atoms with Crippen molar-refractivity contribution < 1.29 is 9.53 Å². The second-order valence-corrected chi connectivity index (χ2v) is 6.04. The predicted octanol–water partition coefficient (Wildman–Crippen LogP) is 1.09. The molecule has 2 rings (SSSR count). The zero-order chi connectivity index (χ0) is 14.8. The molecule has 1 aliphatic rings. The summed E-state index contributed by atoms with van der Waals surface area (Å²) in [6, 6.07) is -0.342. The first-order valence-corrected chi connectivity index (χ1v) is 6.86. The molecule has 6 nitrogen and oxygen atoms in total. The van der Waals surface area contributed by atoms with Gasteiger partial charge in [0.2, 0.25) is 5.91 Å². The second-order valence-electron chi connectivity index (χ2n) is 6.04. The van der Waals surface area contributed by atoms with Gasteiger partial charge in [-0.05, 0) is 6.92 Å². The molecule has 6 heteroatoms. The third kappa shape index (κ3) is 3.52. The minimum absolute atomic E-state index is 0.101. The number of nitrogens with zero attached hydrogens (tertiary/aromatic N) is 2. The van der Waals surface area contributed by atoms with Crippen LogP contribution in [0.2, 0.25) is 0 Å². The highest BCUT2D eigenvalue weighted by Crippen LogP contribution is 2.18. The first kappa shape index (κ1) is 14.9. The van der Waals surface area contributed by atoms with Crippen molar-refractivity contribution in [2.45, 2.75) is 45.3 Å². The summed E-state index contributed by atoms with van der Waals surface area (Å²) >= 11 is 0. The van der Waals surface area contributed by atoms with E-state index in [1.165, 1.54) is 0 Å². The molecule has 1 saturated heterocycles. The first-order chi connectivity index (χ1) is 9.38. The minimum Gasteiger partial charge on any atom is -0.375 e. The van der Waals surface area contributed by atoms with Crippen molar-refractivity contribution in [3.63, 3.8) is 0 Å². The molecule has 0 bridgehead atoms. The van der Waals surface area contributed by atoms with Gasteiger partial charge in [0.05, 0.1) is 30.8 Å². The molecule has 2 N–H and O–H groups in total. The molecule has 0 aromatic carbocycles. The van der Waals surface area contributed by atoms with Crippen molar-refractivity contribution in [1.82, 2.24) is 15.3 Å². The summed E-state index contributed by atoms with van der Waals surface area (Å²) in [4.78, 5) is 20.7. The molecule has 0 radical (unpaired) electrons. The molecular weight excluding hydrogens is 256 g/mol. The quantitative estimate of drug-likeness (QED) is 0.847. The van der Waals surface area contributed by atoms with Crippen molar-refractivity contribution >= 4 is 11.6 Å². The Bertz CT molecular complexity index is 467. The van der Waals surface area contributed by atoms with Gasteiger partial charge in [-0.15, -0.1) is 0 Å². The van der Waals surface area contributed by atoms with Gasteiger partial charge in [0.15, 0.2) is 0 Å². The van der Waals surface area contributed by atoms with Gasteiger partial charge in [0, 0.05) is 12.0 Å². The van der Waals surface area contributed by atoms with Gasteiger partial charge < -0.3 is 15.4 Å². The number of aromatic nitrogens is 2. The van der Waals surface area contributed by atoms with E-state index in [1.54, 1.807) is 12.4 Å². The molecule has 0 aliphatic carbocycles. The average molecular weight is 278 g/mol. The summed E-state index contributed by atoms with van der Waals surface area (Å²) in [7, 11) is 0. The highest BCUT2D eigenvalue weighted by molar-refractivity contribution is 5.95. The molecule has 0 spiro atoms. The van der Waals surface area contributed by atoms with Gasteiger partial charge in [-0.2, -0.15) is 0 Å². The van der Waals surface area contributed by atoms with E-state index in [0.717, 1.165) is 5.82 Å². The molecule has 1 fully saturated rings. The molecule has 110 valence electrons. The van der Waals surface area contributed by atoms with Crippen molar-refractivity contribution in [3.8, 4) is 0 Å². The largest absolute Gasteiger partial charge is 0.375 e. The molecule has 1 aliphatic heterocycles.